The Morgan fingerprint density at radius 3 is 2.76 bits per heavy atom. The fourth-order valence-corrected chi connectivity index (χ4v) is 1.90. The van der Waals surface area contributed by atoms with Crippen LogP contribution in [0.5, 0.6) is 0 Å². The molecule has 1 heterocycles. The third-order valence-electron chi connectivity index (χ3n) is 2.00. The molecular formula is C10H10F2INO3. The number of aromatic amines is 1. The highest BCUT2D eigenvalue weighted by Gasteiger charge is 2.20. The smallest absolute Gasteiger partial charge is 0.310 e. The highest BCUT2D eigenvalue weighted by atomic mass is 127. The number of carbonyl (C=O) groups excluding carboxylic acids is 1. The van der Waals surface area contributed by atoms with E-state index in [0.29, 0.717) is 0 Å². The molecule has 0 aliphatic carbocycles. The van der Waals surface area contributed by atoms with E-state index >= 15 is 0 Å². The molecule has 0 radical (unpaired) electrons. The van der Waals surface area contributed by atoms with Gasteiger partial charge in [-0.2, -0.15) is 0 Å². The first-order valence-corrected chi connectivity index (χ1v) is 5.89. The molecule has 0 bridgehead atoms. The van der Waals surface area contributed by atoms with Gasteiger partial charge in [0.1, 0.15) is 0 Å². The van der Waals surface area contributed by atoms with Gasteiger partial charge in [-0.3, -0.25) is 9.59 Å². The summed E-state index contributed by atoms with van der Waals surface area (Å²) >= 11 is 1.62. The van der Waals surface area contributed by atoms with E-state index in [2.05, 4.69) is 9.72 Å². The van der Waals surface area contributed by atoms with Crippen LogP contribution in [0.15, 0.2) is 11.0 Å². The van der Waals surface area contributed by atoms with E-state index in [4.69, 9.17) is 0 Å². The molecular weight excluding hydrogens is 347 g/mol. The number of rotatable bonds is 4. The Morgan fingerprint density at radius 1 is 1.59 bits per heavy atom. The minimum atomic E-state index is -2.87. The minimum Gasteiger partial charge on any atom is -0.466 e. The lowest BCUT2D eigenvalue weighted by atomic mass is 10.1. The molecule has 0 aliphatic heterocycles. The van der Waals surface area contributed by atoms with Gasteiger partial charge in [0, 0.05) is 11.8 Å². The van der Waals surface area contributed by atoms with Gasteiger partial charge < -0.3 is 9.72 Å². The molecule has 7 heteroatoms. The number of esters is 1. The van der Waals surface area contributed by atoms with Crippen molar-refractivity contribution >= 4 is 28.6 Å². The predicted octanol–water partition coefficient (Wildman–Crippen LogP) is 2.02. The van der Waals surface area contributed by atoms with E-state index < -0.39 is 23.4 Å². The lowest BCUT2D eigenvalue weighted by Gasteiger charge is -2.06. The second kappa shape index (κ2) is 6.08. The second-order valence-corrected chi connectivity index (χ2v) is 4.23. The van der Waals surface area contributed by atoms with Gasteiger partial charge in [0.2, 0.25) is 0 Å². The molecule has 0 aromatic carbocycles. The van der Waals surface area contributed by atoms with Gasteiger partial charge in [0.25, 0.3) is 6.43 Å². The molecule has 17 heavy (non-hydrogen) atoms. The molecule has 1 rings (SSSR count). The Kier molecular flexibility index (Phi) is 5.03. The molecule has 4 nitrogen and oxygen atoms in total. The Labute approximate surface area is 110 Å². The highest BCUT2D eigenvalue weighted by Crippen LogP contribution is 2.19. The molecule has 0 atom stereocenters. The monoisotopic (exact) mass is 357 g/mol. The Bertz CT molecular complexity index is 473. The van der Waals surface area contributed by atoms with Crippen molar-refractivity contribution in [2.75, 3.05) is 6.61 Å². The van der Waals surface area contributed by atoms with Crippen LogP contribution in [0.2, 0.25) is 0 Å². The number of hydrogen-bond donors (Lipinski definition) is 1. The van der Waals surface area contributed by atoms with Crippen LogP contribution >= 0.6 is 22.6 Å². The lowest BCUT2D eigenvalue weighted by molar-refractivity contribution is -0.142. The third-order valence-corrected chi connectivity index (χ3v) is 2.90. The number of ether oxygens (including phenoxy) is 1. The van der Waals surface area contributed by atoms with Crippen molar-refractivity contribution in [3.8, 4) is 0 Å². The number of hydrogen-bond acceptors (Lipinski definition) is 3. The van der Waals surface area contributed by atoms with Crippen LogP contribution in [0.3, 0.4) is 0 Å². The first-order valence-electron chi connectivity index (χ1n) is 4.81. The molecule has 0 unspecified atom stereocenters. The largest absolute Gasteiger partial charge is 0.466 e. The molecule has 0 saturated heterocycles. The number of halogens is 3. The van der Waals surface area contributed by atoms with Crippen molar-refractivity contribution in [3.63, 3.8) is 0 Å². The summed E-state index contributed by atoms with van der Waals surface area (Å²) in [5, 5.41) is 0. The highest BCUT2D eigenvalue weighted by molar-refractivity contribution is 14.1. The van der Waals surface area contributed by atoms with Crippen molar-refractivity contribution in [3.05, 3.63) is 31.2 Å². The maximum Gasteiger partial charge on any atom is 0.310 e. The molecule has 0 spiro atoms. The zero-order valence-corrected chi connectivity index (χ0v) is 11.1. The van der Waals surface area contributed by atoms with Gasteiger partial charge in [0.05, 0.1) is 22.3 Å². The summed E-state index contributed by atoms with van der Waals surface area (Å²) in [4.78, 5) is 25.4. The first-order chi connectivity index (χ1) is 7.97. The van der Waals surface area contributed by atoms with E-state index in [-0.39, 0.29) is 22.3 Å². The van der Waals surface area contributed by atoms with Crippen LogP contribution in [0, 0.1) is 3.70 Å². The fourth-order valence-electron chi connectivity index (χ4n) is 1.26. The van der Waals surface area contributed by atoms with Crippen molar-refractivity contribution in [1.82, 2.24) is 4.98 Å². The van der Waals surface area contributed by atoms with Gasteiger partial charge in [0.15, 0.2) is 5.43 Å². The van der Waals surface area contributed by atoms with Gasteiger partial charge in [-0.25, -0.2) is 8.78 Å². The maximum absolute atomic E-state index is 12.6. The number of pyridine rings is 1. The van der Waals surface area contributed by atoms with Crippen LogP contribution < -0.4 is 5.43 Å². The van der Waals surface area contributed by atoms with Crippen molar-refractivity contribution in [2.24, 2.45) is 0 Å². The van der Waals surface area contributed by atoms with Gasteiger partial charge in [-0.15, -0.1) is 0 Å². The first kappa shape index (κ1) is 14.1. The van der Waals surface area contributed by atoms with Gasteiger partial charge in [-0.05, 0) is 29.5 Å². The summed E-state index contributed by atoms with van der Waals surface area (Å²) in [6, 6.07) is 0. The number of alkyl halides is 2. The summed E-state index contributed by atoms with van der Waals surface area (Å²) < 4.78 is 30.0. The van der Waals surface area contributed by atoms with E-state index in [9.17, 15) is 18.4 Å². The molecule has 0 aliphatic rings. The molecule has 94 valence electrons. The SMILES string of the molecule is CCOC(=O)Cc1c[nH]c(I)c(C(F)F)c1=O. The normalized spacial score (nSPS) is 10.6. The standard InChI is InChI=1S/C10H10F2INO3/c1-2-17-6(15)3-5-4-14-10(13)7(8(5)16)9(11)12/h4,9H,2-3H2,1H3,(H,14,16). The molecule has 1 aromatic heterocycles. The second-order valence-electron chi connectivity index (χ2n) is 3.15. The van der Waals surface area contributed by atoms with E-state index in [1.54, 1.807) is 29.5 Å². The minimum absolute atomic E-state index is 0.0147. The van der Waals surface area contributed by atoms with Crippen molar-refractivity contribution < 1.29 is 18.3 Å². The average molecular weight is 357 g/mol. The number of H-pyrrole nitrogens is 1. The Morgan fingerprint density at radius 2 is 2.24 bits per heavy atom. The number of carbonyl (C=O) groups is 1. The predicted molar refractivity (Wildman–Crippen MR) is 65.1 cm³/mol. The molecule has 0 fully saturated rings. The summed E-state index contributed by atoms with van der Waals surface area (Å²) in [6.45, 7) is 1.81. The van der Waals surface area contributed by atoms with E-state index in [1.165, 1.54) is 6.20 Å². The zero-order valence-electron chi connectivity index (χ0n) is 8.93. The van der Waals surface area contributed by atoms with Gasteiger partial charge >= 0.3 is 5.97 Å². The number of nitrogens with one attached hydrogen (secondary N) is 1. The van der Waals surface area contributed by atoms with Crippen LogP contribution in [0.1, 0.15) is 24.5 Å². The summed E-state index contributed by atoms with van der Waals surface area (Å²) in [5.41, 5.74) is -1.43. The van der Waals surface area contributed by atoms with Crippen LogP contribution in [-0.4, -0.2) is 17.6 Å². The Hall–Kier alpha value is -0.990. The van der Waals surface area contributed by atoms with E-state index in [0.717, 1.165) is 0 Å². The zero-order chi connectivity index (χ0) is 13.0. The third kappa shape index (κ3) is 3.48. The van der Waals surface area contributed by atoms with Gasteiger partial charge in [-0.1, -0.05) is 0 Å². The topological polar surface area (TPSA) is 59.2 Å². The Balaban J connectivity index is 3.07. The van der Waals surface area contributed by atoms with Crippen LogP contribution in [0.25, 0.3) is 0 Å². The fraction of sp³-hybridized carbons (Fsp3) is 0.400. The van der Waals surface area contributed by atoms with Crippen LogP contribution in [-0.2, 0) is 16.0 Å². The van der Waals surface area contributed by atoms with Crippen molar-refractivity contribution in [2.45, 2.75) is 19.8 Å². The lowest BCUT2D eigenvalue weighted by Crippen LogP contribution is -2.21. The van der Waals surface area contributed by atoms with E-state index in [1.807, 2.05) is 0 Å². The summed E-state index contributed by atoms with van der Waals surface area (Å²) in [7, 11) is 0. The molecule has 0 amide bonds. The maximum atomic E-state index is 12.6. The number of aromatic nitrogens is 1. The summed E-state index contributed by atoms with van der Waals surface area (Å²) in [6.07, 6.45) is -1.92. The average Bonchev–Trinajstić information content (AvgIpc) is 2.22. The quantitative estimate of drug-likeness (QED) is 0.510. The van der Waals surface area contributed by atoms with Crippen molar-refractivity contribution in [1.29, 1.82) is 0 Å². The molecule has 1 N–H and O–H groups in total. The molecule has 1 aromatic rings. The van der Waals surface area contributed by atoms with Crippen LogP contribution in [0.4, 0.5) is 8.78 Å². The summed E-state index contributed by atoms with van der Waals surface area (Å²) in [5.74, 6) is -0.612. The molecule has 0 saturated carbocycles.